The highest BCUT2D eigenvalue weighted by Gasteiger charge is 2.22. The lowest BCUT2D eigenvalue weighted by atomic mass is 10.1. The summed E-state index contributed by atoms with van der Waals surface area (Å²) in [4.78, 5) is 40.1. The first-order valence-corrected chi connectivity index (χ1v) is 9.56. The maximum absolute atomic E-state index is 13.0. The van der Waals surface area contributed by atoms with Crippen molar-refractivity contribution in [2.45, 2.75) is 20.0 Å². The van der Waals surface area contributed by atoms with Gasteiger partial charge < -0.3 is 10.1 Å². The van der Waals surface area contributed by atoms with Gasteiger partial charge in [0.05, 0.1) is 0 Å². The van der Waals surface area contributed by atoms with Crippen LogP contribution >= 0.6 is 11.3 Å². The highest BCUT2D eigenvalue weighted by molar-refractivity contribution is 7.13. The molecule has 1 N–H and O–H groups in total. The van der Waals surface area contributed by atoms with Crippen LogP contribution in [-0.4, -0.2) is 28.7 Å². The Labute approximate surface area is 170 Å². The number of carbonyl (C=O) groups excluding carboxylic acids is 3. The molecule has 1 atom stereocenters. The van der Waals surface area contributed by atoms with Gasteiger partial charge >= 0.3 is 5.97 Å². The van der Waals surface area contributed by atoms with Crippen LogP contribution in [0, 0.1) is 5.82 Å². The Morgan fingerprint density at radius 1 is 1.07 bits per heavy atom. The van der Waals surface area contributed by atoms with Gasteiger partial charge in [0.2, 0.25) is 11.7 Å². The summed E-state index contributed by atoms with van der Waals surface area (Å²) in [6.07, 6.45) is -1.01. The number of ether oxygens (including phenoxy) is 1. The predicted molar refractivity (Wildman–Crippen MR) is 107 cm³/mol. The largest absolute Gasteiger partial charge is 0.450 e. The van der Waals surface area contributed by atoms with Crippen molar-refractivity contribution in [3.05, 3.63) is 71.0 Å². The number of carbonyl (C=O) groups is 3. The number of nitrogens with one attached hydrogen (secondary N) is 1. The quantitative estimate of drug-likeness (QED) is 0.481. The lowest BCUT2D eigenvalue weighted by molar-refractivity contribution is -0.114. The van der Waals surface area contributed by atoms with E-state index in [0.717, 1.165) is 0 Å². The maximum Gasteiger partial charge on any atom is 0.358 e. The molecule has 0 saturated carbocycles. The van der Waals surface area contributed by atoms with Gasteiger partial charge in [-0.3, -0.25) is 9.59 Å². The Bertz CT molecular complexity index is 1050. The second-order valence-electron chi connectivity index (χ2n) is 6.22. The van der Waals surface area contributed by atoms with E-state index in [2.05, 4.69) is 10.3 Å². The number of halogens is 1. The molecule has 8 heteroatoms. The molecule has 1 aromatic heterocycles. The normalized spacial score (nSPS) is 11.6. The molecule has 0 bridgehead atoms. The molecule has 0 fully saturated rings. The summed E-state index contributed by atoms with van der Waals surface area (Å²) >= 11 is 1.22. The van der Waals surface area contributed by atoms with Gasteiger partial charge in [0.25, 0.3) is 0 Å². The van der Waals surface area contributed by atoms with E-state index in [1.54, 1.807) is 36.4 Å². The fourth-order valence-corrected chi connectivity index (χ4v) is 3.32. The van der Waals surface area contributed by atoms with E-state index in [0.29, 0.717) is 21.8 Å². The van der Waals surface area contributed by atoms with E-state index >= 15 is 0 Å². The second kappa shape index (κ2) is 8.74. The molecule has 0 spiro atoms. The number of nitrogens with zero attached hydrogens (tertiary/aromatic N) is 1. The van der Waals surface area contributed by atoms with Crippen LogP contribution in [-0.2, 0) is 9.53 Å². The SMILES string of the molecule is CC(=O)Nc1ccc(C(=O)[C@H](C)OC(=O)c2csc(-c3ccc(F)cc3)n2)cc1. The minimum Gasteiger partial charge on any atom is -0.450 e. The summed E-state index contributed by atoms with van der Waals surface area (Å²) < 4.78 is 18.3. The van der Waals surface area contributed by atoms with Crippen LogP contribution < -0.4 is 5.32 Å². The lowest BCUT2D eigenvalue weighted by Gasteiger charge is -2.12. The van der Waals surface area contributed by atoms with E-state index in [1.807, 2.05) is 0 Å². The lowest BCUT2D eigenvalue weighted by Crippen LogP contribution is -2.24. The Kier molecular flexibility index (Phi) is 6.13. The average Bonchev–Trinajstić information content (AvgIpc) is 3.18. The number of hydrogen-bond acceptors (Lipinski definition) is 6. The van der Waals surface area contributed by atoms with Gasteiger partial charge in [0, 0.05) is 29.1 Å². The fourth-order valence-electron chi connectivity index (χ4n) is 2.52. The Morgan fingerprint density at radius 3 is 2.34 bits per heavy atom. The van der Waals surface area contributed by atoms with E-state index in [9.17, 15) is 18.8 Å². The van der Waals surface area contributed by atoms with E-state index in [4.69, 9.17) is 4.74 Å². The van der Waals surface area contributed by atoms with Crippen LogP contribution in [0.2, 0.25) is 0 Å². The Morgan fingerprint density at radius 2 is 1.72 bits per heavy atom. The third-order valence-corrected chi connectivity index (χ3v) is 4.84. The fraction of sp³-hybridized carbons (Fsp3) is 0.143. The van der Waals surface area contributed by atoms with Crippen molar-refractivity contribution < 1.29 is 23.5 Å². The minimum absolute atomic E-state index is 0.0787. The number of anilines is 1. The first kappa shape index (κ1) is 20.3. The van der Waals surface area contributed by atoms with E-state index in [1.165, 1.54) is 42.7 Å². The highest BCUT2D eigenvalue weighted by atomic mass is 32.1. The number of rotatable bonds is 6. The first-order chi connectivity index (χ1) is 13.8. The molecule has 1 amide bonds. The third-order valence-electron chi connectivity index (χ3n) is 3.95. The molecule has 0 aliphatic rings. The van der Waals surface area contributed by atoms with Crippen molar-refractivity contribution in [2.24, 2.45) is 0 Å². The topological polar surface area (TPSA) is 85.4 Å². The summed E-state index contributed by atoms with van der Waals surface area (Å²) in [5.74, 6) is -1.66. The second-order valence-corrected chi connectivity index (χ2v) is 7.07. The van der Waals surface area contributed by atoms with Crippen molar-refractivity contribution in [3.63, 3.8) is 0 Å². The maximum atomic E-state index is 13.0. The molecule has 3 rings (SSSR count). The molecular weight excluding hydrogens is 395 g/mol. The summed E-state index contributed by atoms with van der Waals surface area (Å²) in [5.41, 5.74) is 1.67. The zero-order chi connectivity index (χ0) is 21.0. The van der Waals surface area contributed by atoms with E-state index < -0.39 is 12.1 Å². The number of aromatic nitrogens is 1. The van der Waals surface area contributed by atoms with Gasteiger partial charge in [-0.2, -0.15) is 0 Å². The molecule has 0 aliphatic heterocycles. The van der Waals surface area contributed by atoms with Gasteiger partial charge in [0.1, 0.15) is 10.8 Å². The summed E-state index contributed by atoms with van der Waals surface area (Å²) in [6.45, 7) is 2.87. The molecule has 2 aromatic carbocycles. The minimum atomic E-state index is -1.01. The monoisotopic (exact) mass is 412 g/mol. The number of benzene rings is 2. The number of ketones is 1. The average molecular weight is 412 g/mol. The molecule has 3 aromatic rings. The third kappa shape index (κ3) is 5.11. The van der Waals surface area contributed by atoms with Crippen molar-refractivity contribution >= 4 is 34.7 Å². The zero-order valence-electron chi connectivity index (χ0n) is 15.6. The molecule has 0 unspecified atom stereocenters. The zero-order valence-corrected chi connectivity index (χ0v) is 16.5. The molecular formula is C21H17FN2O4S. The van der Waals surface area contributed by atoms with Crippen molar-refractivity contribution in [3.8, 4) is 10.6 Å². The summed E-state index contributed by atoms with van der Waals surface area (Å²) in [6, 6.07) is 12.1. The number of amides is 1. The van der Waals surface area contributed by atoms with Crippen LogP contribution in [0.3, 0.4) is 0 Å². The smallest absolute Gasteiger partial charge is 0.358 e. The number of thiazole rings is 1. The van der Waals surface area contributed by atoms with E-state index in [-0.39, 0.29) is 23.2 Å². The molecule has 29 heavy (non-hydrogen) atoms. The molecule has 0 saturated heterocycles. The van der Waals surface area contributed by atoms with Crippen molar-refractivity contribution in [1.29, 1.82) is 0 Å². The van der Waals surface area contributed by atoms with Crippen molar-refractivity contribution in [2.75, 3.05) is 5.32 Å². The van der Waals surface area contributed by atoms with Gasteiger partial charge in [0.15, 0.2) is 11.8 Å². The molecule has 0 radical (unpaired) electrons. The standard InChI is InChI=1S/C21H17FN2O4S/c1-12(19(26)14-5-9-17(10-6-14)23-13(2)25)28-21(27)18-11-29-20(24-18)15-3-7-16(22)8-4-15/h3-12H,1-2H3,(H,23,25)/t12-/m0/s1. The molecule has 6 nitrogen and oxygen atoms in total. The van der Waals surface area contributed by atoms with Gasteiger partial charge in [-0.15, -0.1) is 11.3 Å². The van der Waals surface area contributed by atoms with Crippen LogP contribution in [0.5, 0.6) is 0 Å². The molecule has 0 aliphatic carbocycles. The van der Waals surface area contributed by atoms with Gasteiger partial charge in [-0.25, -0.2) is 14.2 Å². The summed E-state index contributed by atoms with van der Waals surface area (Å²) in [5, 5.41) is 4.68. The van der Waals surface area contributed by atoms with Crippen LogP contribution in [0.4, 0.5) is 10.1 Å². The number of hydrogen-bond donors (Lipinski definition) is 1. The number of Topliss-reactive ketones (excluding diaryl/α,β-unsaturated/α-hetero) is 1. The predicted octanol–water partition coefficient (Wildman–Crippen LogP) is 4.34. The molecule has 1 heterocycles. The number of esters is 1. The van der Waals surface area contributed by atoms with Gasteiger partial charge in [-0.05, 0) is 55.5 Å². The van der Waals surface area contributed by atoms with Crippen molar-refractivity contribution in [1.82, 2.24) is 4.98 Å². The Hall–Kier alpha value is -3.39. The summed E-state index contributed by atoms with van der Waals surface area (Å²) in [7, 11) is 0. The highest BCUT2D eigenvalue weighted by Crippen LogP contribution is 2.24. The van der Waals surface area contributed by atoms with Gasteiger partial charge in [-0.1, -0.05) is 0 Å². The Balaban J connectivity index is 1.65. The van der Waals surface area contributed by atoms with Crippen LogP contribution in [0.25, 0.3) is 10.6 Å². The first-order valence-electron chi connectivity index (χ1n) is 8.68. The van der Waals surface area contributed by atoms with Crippen LogP contribution in [0.1, 0.15) is 34.7 Å². The molecule has 148 valence electrons. The van der Waals surface area contributed by atoms with Crippen LogP contribution in [0.15, 0.2) is 53.9 Å².